The molecule has 2 aliphatic heterocycles. The van der Waals surface area contributed by atoms with E-state index in [4.69, 9.17) is 28.5 Å². The molecule has 0 aliphatic carbocycles. The third-order valence-electron chi connectivity index (χ3n) is 7.55. The number of rotatable bonds is 17. The van der Waals surface area contributed by atoms with Gasteiger partial charge < -0.3 is 33.9 Å². The molecule has 0 saturated carbocycles. The highest BCUT2D eigenvalue weighted by atomic mass is 19.1. The molecule has 0 unspecified atom stereocenters. The van der Waals surface area contributed by atoms with E-state index in [2.05, 4.69) is 6.92 Å². The first-order valence-electron chi connectivity index (χ1n) is 15.4. The number of aliphatic hydroxyl groups excluding tert-OH is 2. The molecule has 11 nitrogen and oxygen atoms in total. The van der Waals surface area contributed by atoms with Crippen LogP contribution in [0.25, 0.3) is 0 Å². The summed E-state index contributed by atoms with van der Waals surface area (Å²) in [6.07, 6.45) is -1.61. The standard InChI is InChI=1S/C31H48FNO10/c1-4-5-6-7-8-9-10-11-15-18-22(41-30(37)38-19-21-16-13-12-14-17-21)24(32)28(36)33-43-29-26(35)25(34)27-23(40-29)20-39-31(2,3)42-27/h12-14,16-17,22-27,29,34-35H,4-11,15,18-20H2,1-3H3,(H,33,36)/t22-,23-,24+,25-,26-,27-,29+/m1/s1. The summed E-state index contributed by atoms with van der Waals surface area (Å²) in [6, 6.07) is 8.94. The van der Waals surface area contributed by atoms with Gasteiger partial charge in [-0.2, -0.15) is 0 Å². The molecule has 1 aromatic carbocycles. The summed E-state index contributed by atoms with van der Waals surface area (Å²) in [5, 5.41) is 21.0. The largest absolute Gasteiger partial charge is 0.508 e. The van der Waals surface area contributed by atoms with Crippen molar-refractivity contribution in [2.24, 2.45) is 0 Å². The Labute approximate surface area is 253 Å². The molecule has 1 aromatic rings. The molecule has 3 rings (SSSR count). The van der Waals surface area contributed by atoms with Crippen LogP contribution in [-0.2, 0) is 39.9 Å². The van der Waals surface area contributed by atoms with E-state index in [1.807, 2.05) is 11.5 Å². The van der Waals surface area contributed by atoms with Gasteiger partial charge in [-0.25, -0.2) is 19.5 Å². The fraction of sp³-hybridized carbons (Fsp3) is 0.742. The van der Waals surface area contributed by atoms with Crippen molar-refractivity contribution in [3.05, 3.63) is 35.9 Å². The molecule has 12 heteroatoms. The monoisotopic (exact) mass is 613 g/mol. The fourth-order valence-electron chi connectivity index (χ4n) is 5.06. The topological polar surface area (TPSA) is 142 Å². The number of nitrogens with one attached hydrogen (secondary N) is 1. The van der Waals surface area contributed by atoms with Crippen molar-refractivity contribution in [1.82, 2.24) is 5.48 Å². The number of amides is 1. The Kier molecular flexibility index (Phi) is 14.6. The first kappa shape index (κ1) is 35.1. The number of hydroxylamine groups is 1. The molecule has 0 bridgehead atoms. The summed E-state index contributed by atoms with van der Waals surface area (Å²) in [6.45, 7) is 5.48. The number of halogens is 1. The molecule has 3 N–H and O–H groups in total. The van der Waals surface area contributed by atoms with Crippen LogP contribution in [0, 0.1) is 0 Å². The third-order valence-corrected chi connectivity index (χ3v) is 7.55. The van der Waals surface area contributed by atoms with E-state index in [-0.39, 0.29) is 19.6 Å². The summed E-state index contributed by atoms with van der Waals surface area (Å²) >= 11 is 0. The minimum absolute atomic E-state index is 0.0424. The first-order valence-corrected chi connectivity index (χ1v) is 15.4. The number of ether oxygens (including phenoxy) is 5. The van der Waals surface area contributed by atoms with E-state index in [0.29, 0.717) is 6.42 Å². The molecule has 244 valence electrons. The van der Waals surface area contributed by atoms with Crippen molar-refractivity contribution < 1.29 is 52.7 Å². The lowest BCUT2D eigenvalue weighted by molar-refractivity contribution is -0.386. The van der Waals surface area contributed by atoms with Crippen LogP contribution in [0.1, 0.15) is 90.5 Å². The van der Waals surface area contributed by atoms with Gasteiger partial charge >= 0.3 is 6.16 Å². The molecule has 2 aliphatic rings. The molecule has 0 spiro atoms. The summed E-state index contributed by atoms with van der Waals surface area (Å²) in [7, 11) is 0. The minimum Gasteiger partial charge on any atom is -0.429 e. The van der Waals surface area contributed by atoms with Gasteiger partial charge in [0.15, 0.2) is 5.79 Å². The second-order valence-electron chi connectivity index (χ2n) is 11.6. The highest BCUT2D eigenvalue weighted by Crippen LogP contribution is 2.32. The van der Waals surface area contributed by atoms with Crippen LogP contribution < -0.4 is 5.48 Å². The molecule has 7 atom stereocenters. The Bertz CT molecular complexity index is 965. The van der Waals surface area contributed by atoms with Crippen molar-refractivity contribution in [2.75, 3.05) is 6.61 Å². The fourth-order valence-corrected chi connectivity index (χ4v) is 5.06. The molecule has 43 heavy (non-hydrogen) atoms. The molecule has 2 saturated heterocycles. The maximum Gasteiger partial charge on any atom is 0.508 e. The van der Waals surface area contributed by atoms with Crippen LogP contribution in [0.3, 0.4) is 0 Å². The van der Waals surface area contributed by atoms with Gasteiger partial charge in [0.1, 0.15) is 37.1 Å². The highest BCUT2D eigenvalue weighted by Gasteiger charge is 2.51. The number of carbonyl (C=O) groups excluding carboxylic acids is 2. The van der Waals surface area contributed by atoms with Crippen LogP contribution in [-0.4, -0.2) is 77.7 Å². The zero-order chi connectivity index (χ0) is 31.2. The number of unbranched alkanes of at least 4 members (excludes halogenated alkanes) is 8. The molecule has 0 aromatic heterocycles. The molecular weight excluding hydrogens is 565 g/mol. The lowest BCUT2D eigenvalue weighted by atomic mass is 9.97. The van der Waals surface area contributed by atoms with E-state index in [0.717, 1.165) is 31.2 Å². The Morgan fingerprint density at radius 1 is 1.02 bits per heavy atom. The normalized spacial score (nSPS) is 26.1. The minimum atomic E-state index is -2.29. The Balaban J connectivity index is 1.50. The third kappa shape index (κ3) is 11.6. The summed E-state index contributed by atoms with van der Waals surface area (Å²) in [5.41, 5.74) is 2.67. The lowest BCUT2D eigenvalue weighted by Crippen LogP contribution is -2.65. The van der Waals surface area contributed by atoms with Crippen LogP contribution in [0.5, 0.6) is 0 Å². The smallest absolute Gasteiger partial charge is 0.429 e. The van der Waals surface area contributed by atoms with Crippen molar-refractivity contribution in [1.29, 1.82) is 0 Å². The molecule has 1 amide bonds. The van der Waals surface area contributed by atoms with Crippen LogP contribution >= 0.6 is 0 Å². The van der Waals surface area contributed by atoms with Gasteiger partial charge in [0.25, 0.3) is 5.91 Å². The van der Waals surface area contributed by atoms with E-state index in [1.54, 1.807) is 38.1 Å². The van der Waals surface area contributed by atoms with Gasteiger partial charge in [-0.1, -0.05) is 88.6 Å². The van der Waals surface area contributed by atoms with Crippen molar-refractivity contribution in [3.8, 4) is 0 Å². The Hall–Kier alpha value is -2.35. The number of fused-ring (bicyclic) bond motifs is 1. The van der Waals surface area contributed by atoms with E-state index < -0.39 is 60.8 Å². The van der Waals surface area contributed by atoms with E-state index in [1.165, 1.54) is 25.7 Å². The molecule has 2 fully saturated rings. The number of hydrogen-bond acceptors (Lipinski definition) is 10. The van der Waals surface area contributed by atoms with Crippen LogP contribution in [0.15, 0.2) is 30.3 Å². The van der Waals surface area contributed by atoms with Gasteiger partial charge in [0, 0.05) is 0 Å². The van der Waals surface area contributed by atoms with Gasteiger partial charge in [0.2, 0.25) is 12.5 Å². The van der Waals surface area contributed by atoms with Crippen molar-refractivity contribution in [2.45, 2.75) is 140 Å². The van der Waals surface area contributed by atoms with Crippen LogP contribution in [0.4, 0.5) is 9.18 Å². The molecule has 2 heterocycles. The maximum absolute atomic E-state index is 15.4. The lowest BCUT2D eigenvalue weighted by Gasteiger charge is -2.48. The summed E-state index contributed by atoms with van der Waals surface area (Å²) in [4.78, 5) is 30.3. The SMILES string of the molecule is CCCCCCCCCCC[C@@H](OC(=O)OCc1ccccc1)[C@H](F)C(=O)NO[C@@H]1O[C@@H]2COC(C)(C)O[C@H]2[C@H](O)[C@H]1O. The number of alkyl halides is 1. The molecule has 0 radical (unpaired) electrons. The molecular formula is C31H48FNO10. The number of carbonyl (C=O) groups is 2. The van der Waals surface area contributed by atoms with E-state index >= 15 is 4.39 Å². The first-order chi connectivity index (χ1) is 20.6. The zero-order valence-corrected chi connectivity index (χ0v) is 25.5. The quantitative estimate of drug-likeness (QED) is 0.130. The second-order valence-corrected chi connectivity index (χ2v) is 11.6. The number of aliphatic hydroxyl groups is 2. The van der Waals surface area contributed by atoms with Gasteiger partial charge in [0.05, 0.1) is 6.61 Å². The van der Waals surface area contributed by atoms with Gasteiger partial charge in [-0.3, -0.25) is 4.79 Å². The number of benzene rings is 1. The predicted molar refractivity (Wildman–Crippen MR) is 153 cm³/mol. The highest BCUT2D eigenvalue weighted by molar-refractivity contribution is 5.80. The summed E-state index contributed by atoms with van der Waals surface area (Å²) < 4.78 is 42.6. The van der Waals surface area contributed by atoms with Crippen LogP contribution in [0.2, 0.25) is 0 Å². The van der Waals surface area contributed by atoms with Gasteiger partial charge in [-0.15, -0.1) is 0 Å². The zero-order valence-electron chi connectivity index (χ0n) is 25.5. The van der Waals surface area contributed by atoms with Crippen molar-refractivity contribution >= 4 is 12.1 Å². The summed E-state index contributed by atoms with van der Waals surface area (Å²) in [5.74, 6) is -2.22. The van der Waals surface area contributed by atoms with Gasteiger partial charge in [-0.05, 0) is 32.3 Å². The average Bonchev–Trinajstić information content (AvgIpc) is 2.99. The Morgan fingerprint density at radius 2 is 1.67 bits per heavy atom. The number of hydrogen-bond donors (Lipinski definition) is 3. The van der Waals surface area contributed by atoms with E-state index in [9.17, 15) is 19.8 Å². The second kappa shape index (κ2) is 17.8. The Morgan fingerprint density at radius 3 is 2.35 bits per heavy atom. The average molecular weight is 614 g/mol. The predicted octanol–water partition coefficient (Wildman–Crippen LogP) is 4.61. The van der Waals surface area contributed by atoms with Crippen molar-refractivity contribution in [3.63, 3.8) is 0 Å². The maximum atomic E-state index is 15.4.